The smallest absolute Gasteiger partial charge is 0.112 e. The molecule has 1 aliphatic heterocycles. The summed E-state index contributed by atoms with van der Waals surface area (Å²) in [5.74, 6) is 0. The topological polar surface area (TPSA) is 58.5 Å². The van der Waals surface area contributed by atoms with Crippen LogP contribution >= 0.6 is 15.9 Å². The lowest BCUT2D eigenvalue weighted by atomic mass is 9.94. The molecule has 1 aliphatic rings. The van der Waals surface area contributed by atoms with Crippen molar-refractivity contribution in [1.29, 1.82) is 0 Å². The Kier molecular flexibility index (Phi) is 4.10. The van der Waals surface area contributed by atoms with Gasteiger partial charge in [0.05, 0.1) is 16.8 Å². The Balaban J connectivity index is 1.89. The third kappa shape index (κ3) is 3.17. The Morgan fingerprint density at radius 3 is 2.90 bits per heavy atom. The molecule has 0 spiro atoms. The first-order valence-corrected chi connectivity index (χ1v) is 7.78. The zero-order chi connectivity index (χ0) is 14.9. The van der Waals surface area contributed by atoms with Crippen LogP contribution in [0.3, 0.4) is 0 Å². The van der Waals surface area contributed by atoms with E-state index in [4.69, 9.17) is 4.74 Å². The summed E-state index contributed by atoms with van der Waals surface area (Å²) in [7, 11) is 1.98. The number of hydrogen-bond donors (Lipinski definition) is 1. The molecule has 5 nitrogen and oxygen atoms in total. The quantitative estimate of drug-likeness (QED) is 0.919. The summed E-state index contributed by atoms with van der Waals surface area (Å²) >= 11 is 3.41. The van der Waals surface area contributed by atoms with Gasteiger partial charge in [-0.05, 0) is 28.1 Å². The second kappa shape index (κ2) is 5.87. The van der Waals surface area contributed by atoms with Crippen molar-refractivity contribution >= 4 is 32.7 Å². The first-order chi connectivity index (χ1) is 10.1. The van der Waals surface area contributed by atoms with Crippen LogP contribution in [-0.4, -0.2) is 47.5 Å². The van der Waals surface area contributed by atoms with E-state index in [1.807, 2.05) is 19.2 Å². The number of rotatable bonds is 3. The fourth-order valence-electron chi connectivity index (χ4n) is 2.74. The molecular weight excluding hydrogens is 334 g/mol. The van der Waals surface area contributed by atoms with E-state index in [9.17, 15) is 5.11 Å². The van der Waals surface area contributed by atoms with Crippen LogP contribution < -0.4 is 4.90 Å². The summed E-state index contributed by atoms with van der Waals surface area (Å²) in [6.45, 7) is 1.80. The van der Waals surface area contributed by atoms with Gasteiger partial charge in [0.15, 0.2) is 0 Å². The molecule has 1 saturated heterocycles. The lowest BCUT2D eigenvalue weighted by Gasteiger charge is -2.36. The third-order valence-electron chi connectivity index (χ3n) is 3.89. The Labute approximate surface area is 132 Å². The second-order valence-electron chi connectivity index (χ2n) is 5.54. The number of pyridine rings is 2. The number of aliphatic hydroxyl groups is 1. The Morgan fingerprint density at radius 2 is 2.14 bits per heavy atom. The van der Waals surface area contributed by atoms with E-state index in [2.05, 4.69) is 30.8 Å². The van der Waals surface area contributed by atoms with Crippen LogP contribution in [0.25, 0.3) is 11.0 Å². The molecule has 2 aromatic rings. The zero-order valence-electron chi connectivity index (χ0n) is 11.9. The maximum Gasteiger partial charge on any atom is 0.112 e. The highest BCUT2D eigenvalue weighted by Crippen LogP contribution is 2.28. The third-order valence-corrected chi connectivity index (χ3v) is 4.32. The molecule has 1 fully saturated rings. The van der Waals surface area contributed by atoms with Crippen molar-refractivity contribution in [3.63, 3.8) is 0 Å². The van der Waals surface area contributed by atoms with Gasteiger partial charge < -0.3 is 14.7 Å². The zero-order valence-corrected chi connectivity index (χ0v) is 13.5. The van der Waals surface area contributed by atoms with Gasteiger partial charge >= 0.3 is 0 Å². The van der Waals surface area contributed by atoms with Gasteiger partial charge in [-0.1, -0.05) is 0 Å². The molecular formula is C15H18BrN3O2. The standard InChI is InChI=1S/C15H18BrN3O2/c1-19(10-15(20)3-6-21-7-4-15)13-2-5-17-12-8-11(16)9-18-14(12)13/h2,5,8-9,20H,3-4,6-7,10H2,1H3. The van der Waals surface area contributed by atoms with E-state index in [1.165, 1.54) is 0 Å². The molecule has 3 rings (SSSR count). The molecule has 1 N–H and O–H groups in total. The summed E-state index contributed by atoms with van der Waals surface area (Å²) < 4.78 is 6.24. The van der Waals surface area contributed by atoms with Crippen LogP contribution in [0.1, 0.15) is 12.8 Å². The second-order valence-corrected chi connectivity index (χ2v) is 6.46. The summed E-state index contributed by atoms with van der Waals surface area (Å²) in [5.41, 5.74) is 1.97. The number of ether oxygens (including phenoxy) is 1. The number of hydrogen-bond acceptors (Lipinski definition) is 5. The van der Waals surface area contributed by atoms with Crippen molar-refractivity contribution in [2.75, 3.05) is 31.7 Å². The average Bonchev–Trinajstić information content (AvgIpc) is 2.46. The highest BCUT2D eigenvalue weighted by molar-refractivity contribution is 9.10. The van der Waals surface area contributed by atoms with Crippen molar-refractivity contribution in [1.82, 2.24) is 9.97 Å². The van der Waals surface area contributed by atoms with Crippen molar-refractivity contribution in [2.45, 2.75) is 18.4 Å². The fraction of sp³-hybridized carbons (Fsp3) is 0.467. The van der Waals surface area contributed by atoms with Crippen molar-refractivity contribution in [3.05, 3.63) is 29.0 Å². The van der Waals surface area contributed by atoms with Gasteiger partial charge in [0.1, 0.15) is 5.52 Å². The van der Waals surface area contributed by atoms with Gasteiger partial charge in [0, 0.05) is 56.5 Å². The summed E-state index contributed by atoms with van der Waals surface area (Å²) in [6.07, 6.45) is 4.87. The van der Waals surface area contributed by atoms with Gasteiger partial charge in [-0.25, -0.2) is 0 Å². The van der Waals surface area contributed by atoms with Crippen molar-refractivity contribution in [2.24, 2.45) is 0 Å². The Hall–Kier alpha value is -1.24. The van der Waals surface area contributed by atoms with Crippen LogP contribution in [-0.2, 0) is 4.74 Å². The van der Waals surface area contributed by atoms with Gasteiger partial charge in [-0.3, -0.25) is 9.97 Å². The van der Waals surface area contributed by atoms with Gasteiger partial charge in [-0.2, -0.15) is 0 Å². The molecule has 21 heavy (non-hydrogen) atoms. The molecule has 0 aliphatic carbocycles. The van der Waals surface area contributed by atoms with E-state index < -0.39 is 5.60 Å². The van der Waals surface area contributed by atoms with Crippen LogP contribution in [0, 0.1) is 0 Å². The molecule has 0 atom stereocenters. The predicted octanol–water partition coefficient (Wildman–Crippen LogP) is 2.37. The number of nitrogens with zero attached hydrogens (tertiary/aromatic N) is 3. The average molecular weight is 352 g/mol. The van der Waals surface area contributed by atoms with Crippen molar-refractivity contribution < 1.29 is 9.84 Å². The van der Waals surface area contributed by atoms with E-state index in [-0.39, 0.29) is 0 Å². The molecule has 112 valence electrons. The van der Waals surface area contributed by atoms with E-state index in [1.54, 1.807) is 12.4 Å². The Bertz CT molecular complexity index is 644. The number of likely N-dealkylation sites (N-methyl/N-ethyl adjacent to an activating group) is 1. The highest BCUT2D eigenvalue weighted by atomic mass is 79.9. The molecule has 6 heteroatoms. The number of halogens is 1. The van der Waals surface area contributed by atoms with Gasteiger partial charge in [0.2, 0.25) is 0 Å². The molecule has 2 aromatic heterocycles. The number of anilines is 1. The molecule has 0 amide bonds. The van der Waals surface area contributed by atoms with E-state index in [0.717, 1.165) is 21.2 Å². The van der Waals surface area contributed by atoms with E-state index in [0.29, 0.717) is 32.6 Å². The molecule has 0 aromatic carbocycles. The highest BCUT2D eigenvalue weighted by Gasteiger charge is 2.31. The molecule has 0 radical (unpaired) electrons. The predicted molar refractivity (Wildman–Crippen MR) is 85.5 cm³/mol. The molecule has 0 saturated carbocycles. The molecule has 0 unspecified atom stereocenters. The lowest BCUT2D eigenvalue weighted by molar-refractivity contribution is -0.0572. The normalized spacial score (nSPS) is 17.9. The van der Waals surface area contributed by atoms with Gasteiger partial charge in [-0.15, -0.1) is 0 Å². The van der Waals surface area contributed by atoms with Crippen LogP contribution in [0.15, 0.2) is 29.0 Å². The maximum absolute atomic E-state index is 10.7. The minimum atomic E-state index is -0.696. The fourth-order valence-corrected chi connectivity index (χ4v) is 3.05. The molecule has 3 heterocycles. The first-order valence-electron chi connectivity index (χ1n) is 6.99. The van der Waals surface area contributed by atoms with Gasteiger partial charge in [0.25, 0.3) is 0 Å². The summed E-state index contributed by atoms with van der Waals surface area (Å²) in [5, 5.41) is 10.7. The minimum Gasteiger partial charge on any atom is -0.388 e. The number of fused-ring (bicyclic) bond motifs is 1. The SMILES string of the molecule is CN(CC1(O)CCOCC1)c1ccnc2cc(Br)cnc12. The van der Waals surface area contributed by atoms with E-state index >= 15 is 0 Å². The summed E-state index contributed by atoms with van der Waals surface area (Å²) in [6, 6.07) is 3.88. The van der Waals surface area contributed by atoms with Crippen LogP contribution in [0.4, 0.5) is 5.69 Å². The monoisotopic (exact) mass is 351 g/mol. The van der Waals surface area contributed by atoms with Crippen LogP contribution in [0.5, 0.6) is 0 Å². The Morgan fingerprint density at radius 1 is 1.38 bits per heavy atom. The first kappa shape index (κ1) is 14.7. The summed E-state index contributed by atoms with van der Waals surface area (Å²) in [4.78, 5) is 10.9. The number of aromatic nitrogens is 2. The van der Waals surface area contributed by atoms with Crippen molar-refractivity contribution in [3.8, 4) is 0 Å². The molecule has 0 bridgehead atoms. The van der Waals surface area contributed by atoms with Crippen LogP contribution in [0.2, 0.25) is 0 Å². The minimum absolute atomic E-state index is 0.563. The maximum atomic E-state index is 10.7. The largest absolute Gasteiger partial charge is 0.388 e. The lowest BCUT2D eigenvalue weighted by Crippen LogP contribution is -2.45.